The first-order valence-electron chi connectivity index (χ1n) is 7.57. The fourth-order valence-electron chi connectivity index (χ4n) is 2.25. The molecule has 0 aliphatic heterocycles. The predicted molar refractivity (Wildman–Crippen MR) is 98.0 cm³/mol. The Morgan fingerprint density at radius 2 is 2.08 bits per heavy atom. The van der Waals surface area contributed by atoms with E-state index in [1.165, 1.54) is 24.0 Å². The summed E-state index contributed by atoms with van der Waals surface area (Å²) in [7, 11) is 1.49. The number of amides is 1. The van der Waals surface area contributed by atoms with E-state index in [4.69, 9.17) is 0 Å². The second-order valence-corrected chi connectivity index (χ2v) is 6.20. The molecule has 0 bridgehead atoms. The van der Waals surface area contributed by atoms with Crippen LogP contribution in [0.1, 0.15) is 28.4 Å². The molecule has 0 fully saturated rings. The van der Waals surface area contributed by atoms with Gasteiger partial charge in [0, 0.05) is 5.56 Å². The quantitative estimate of drug-likeness (QED) is 0.562. The molecule has 0 radical (unpaired) electrons. The van der Waals surface area contributed by atoms with Crippen LogP contribution in [0.4, 0.5) is 5.13 Å². The van der Waals surface area contributed by atoms with Crippen molar-refractivity contribution in [2.24, 2.45) is 5.16 Å². The van der Waals surface area contributed by atoms with Crippen LogP contribution in [0.2, 0.25) is 0 Å². The monoisotopic (exact) mass is 339 g/mol. The van der Waals surface area contributed by atoms with E-state index in [0.717, 1.165) is 22.2 Å². The Bertz CT molecular complexity index is 885. The van der Waals surface area contributed by atoms with E-state index < -0.39 is 0 Å². The molecule has 0 saturated carbocycles. The Kier molecular flexibility index (Phi) is 4.86. The van der Waals surface area contributed by atoms with Crippen molar-refractivity contribution < 1.29 is 9.63 Å². The largest absolute Gasteiger partial charge is 0.399 e. The van der Waals surface area contributed by atoms with Crippen LogP contribution in [0.15, 0.2) is 47.6 Å². The van der Waals surface area contributed by atoms with Crippen molar-refractivity contribution in [3.05, 3.63) is 59.2 Å². The molecule has 0 unspecified atom stereocenters. The highest BCUT2D eigenvalue weighted by Gasteiger charge is 2.10. The smallest absolute Gasteiger partial charge is 0.257 e. The summed E-state index contributed by atoms with van der Waals surface area (Å²) in [5, 5.41) is 7.15. The number of oxime groups is 1. The molecular formula is C18H17N3O2S. The molecule has 0 aliphatic carbocycles. The standard InChI is InChI=1S/C18H17N3O2S/c1-3-12-6-9-15-16(10-12)24-18(20-15)21-17(22)14-7-4-13(5-8-14)11-19-23-2/h4-11H,3H2,1-2H3,(H,20,21,22)/b19-11+. The summed E-state index contributed by atoms with van der Waals surface area (Å²) in [4.78, 5) is 21.4. The summed E-state index contributed by atoms with van der Waals surface area (Å²) < 4.78 is 1.08. The minimum Gasteiger partial charge on any atom is -0.399 e. The Balaban J connectivity index is 1.75. The van der Waals surface area contributed by atoms with Crippen LogP contribution in [0.3, 0.4) is 0 Å². The predicted octanol–water partition coefficient (Wildman–Crippen LogP) is 4.09. The number of nitrogens with zero attached hydrogens (tertiary/aromatic N) is 2. The first kappa shape index (κ1) is 16.1. The van der Waals surface area contributed by atoms with Gasteiger partial charge in [0.05, 0.1) is 16.4 Å². The number of hydrogen-bond donors (Lipinski definition) is 1. The third-order valence-corrected chi connectivity index (χ3v) is 4.50. The molecule has 0 atom stereocenters. The van der Waals surface area contributed by atoms with Crippen LogP contribution in [0, 0.1) is 0 Å². The van der Waals surface area contributed by atoms with E-state index in [0.29, 0.717) is 10.7 Å². The number of thiazole rings is 1. The van der Waals surface area contributed by atoms with Gasteiger partial charge in [0.15, 0.2) is 5.13 Å². The van der Waals surface area contributed by atoms with Crippen molar-refractivity contribution in [2.45, 2.75) is 13.3 Å². The molecule has 3 rings (SSSR count). The normalized spacial score (nSPS) is 11.1. The van der Waals surface area contributed by atoms with Crippen molar-refractivity contribution in [3.63, 3.8) is 0 Å². The lowest BCUT2D eigenvalue weighted by atomic mass is 10.1. The number of carbonyl (C=O) groups is 1. The molecule has 2 aromatic carbocycles. The number of fused-ring (bicyclic) bond motifs is 1. The van der Waals surface area contributed by atoms with Gasteiger partial charge in [-0.25, -0.2) is 4.98 Å². The first-order chi connectivity index (χ1) is 11.7. The Morgan fingerprint density at radius 1 is 1.29 bits per heavy atom. The average Bonchev–Trinajstić information content (AvgIpc) is 3.01. The second-order valence-electron chi connectivity index (χ2n) is 5.17. The fourth-order valence-corrected chi connectivity index (χ4v) is 3.17. The average molecular weight is 339 g/mol. The van der Waals surface area contributed by atoms with Gasteiger partial charge in [-0.1, -0.05) is 41.6 Å². The van der Waals surface area contributed by atoms with Gasteiger partial charge in [-0.15, -0.1) is 0 Å². The van der Waals surface area contributed by atoms with Crippen LogP contribution in [0.25, 0.3) is 10.2 Å². The van der Waals surface area contributed by atoms with Gasteiger partial charge in [0.1, 0.15) is 7.11 Å². The van der Waals surface area contributed by atoms with E-state index in [-0.39, 0.29) is 5.91 Å². The highest BCUT2D eigenvalue weighted by Crippen LogP contribution is 2.27. The zero-order valence-corrected chi connectivity index (χ0v) is 14.3. The van der Waals surface area contributed by atoms with Crippen molar-refractivity contribution in [1.29, 1.82) is 0 Å². The van der Waals surface area contributed by atoms with E-state index in [9.17, 15) is 4.79 Å². The number of rotatable bonds is 5. The third-order valence-electron chi connectivity index (χ3n) is 3.56. The van der Waals surface area contributed by atoms with Gasteiger partial charge in [-0.05, 0) is 41.8 Å². The number of carbonyl (C=O) groups excluding carboxylic acids is 1. The van der Waals surface area contributed by atoms with Crippen LogP contribution in [-0.2, 0) is 11.3 Å². The maximum absolute atomic E-state index is 12.3. The van der Waals surface area contributed by atoms with Crippen LogP contribution in [0.5, 0.6) is 0 Å². The summed E-state index contributed by atoms with van der Waals surface area (Å²) in [5.74, 6) is -0.181. The van der Waals surface area contributed by atoms with Crippen LogP contribution >= 0.6 is 11.3 Å². The fraction of sp³-hybridized carbons (Fsp3) is 0.167. The molecule has 0 spiro atoms. The molecule has 1 heterocycles. The van der Waals surface area contributed by atoms with E-state index in [2.05, 4.69) is 39.4 Å². The highest BCUT2D eigenvalue weighted by molar-refractivity contribution is 7.22. The molecule has 6 heteroatoms. The van der Waals surface area contributed by atoms with Gasteiger partial charge >= 0.3 is 0 Å². The van der Waals surface area contributed by atoms with Crippen molar-refractivity contribution in [1.82, 2.24) is 4.98 Å². The van der Waals surface area contributed by atoms with E-state index in [1.54, 1.807) is 18.3 Å². The van der Waals surface area contributed by atoms with Gasteiger partial charge in [0.2, 0.25) is 0 Å². The molecule has 0 aliphatic rings. The number of benzene rings is 2. The topological polar surface area (TPSA) is 63.6 Å². The Labute approximate surface area is 144 Å². The van der Waals surface area contributed by atoms with Gasteiger partial charge < -0.3 is 4.84 Å². The van der Waals surface area contributed by atoms with Gasteiger partial charge in [-0.2, -0.15) is 0 Å². The van der Waals surface area contributed by atoms with Crippen molar-refractivity contribution >= 4 is 38.8 Å². The zero-order valence-electron chi connectivity index (χ0n) is 13.4. The van der Waals surface area contributed by atoms with Crippen LogP contribution in [-0.4, -0.2) is 24.2 Å². The SMILES string of the molecule is CCc1ccc2nc(NC(=O)c3ccc(/C=N/OC)cc3)sc2c1. The lowest BCUT2D eigenvalue weighted by molar-refractivity contribution is 0.102. The number of aryl methyl sites for hydroxylation is 1. The Hall–Kier alpha value is -2.73. The maximum Gasteiger partial charge on any atom is 0.257 e. The molecule has 122 valence electrons. The minimum absolute atomic E-state index is 0.181. The highest BCUT2D eigenvalue weighted by atomic mass is 32.1. The summed E-state index contributed by atoms with van der Waals surface area (Å²) in [5.41, 5.74) is 3.59. The number of aromatic nitrogens is 1. The second kappa shape index (κ2) is 7.23. The lowest BCUT2D eigenvalue weighted by Gasteiger charge is -2.01. The number of nitrogens with one attached hydrogen (secondary N) is 1. The van der Waals surface area contributed by atoms with Crippen molar-refractivity contribution in [2.75, 3.05) is 12.4 Å². The van der Waals surface area contributed by atoms with E-state index >= 15 is 0 Å². The van der Waals surface area contributed by atoms with E-state index in [1.807, 2.05) is 18.2 Å². The molecule has 1 N–H and O–H groups in total. The number of hydrogen-bond acceptors (Lipinski definition) is 5. The van der Waals surface area contributed by atoms with Gasteiger partial charge in [-0.3, -0.25) is 10.1 Å². The summed E-state index contributed by atoms with van der Waals surface area (Å²) in [6, 6.07) is 13.3. The molecule has 0 saturated heterocycles. The summed E-state index contributed by atoms with van der Waals surface area (Å²) >= 11 is 1.48. The van der Waals surface area contributed by atoms with Crippen molar-refractivity contribution in [3.8, 4) is 0 Å². The lowest BCUT2D eigenvalue weighted by Crippen LogP contribution is -2.11. The number of anilines is 1. The third kappa shape index (κ3) is 3.60. The first-order valence-corrected chi connectivity index (χ1v) is 8.38. The molecule has 24 heavy (non-hydrogen) atoms. The summed E-state index contributed by atoms with van der Waals surface area (Å²) in [6.45, 7) is 2.12. The van der Waals surface area contributed by atoms with Gasteiger partial charge in [0.25, 0.3) is 5.91 Å². The molecule has 1 amide bonds. The maximum atomic E-state index is 12.3. The zero-order chi connectivity index (χ0) is 16.9. The Morgan fingerprint density at radius 3 is 2.79 bits per heavy atom. The molecule has 5 nitrogen and oxygen atoms in total. The minimum atomic E-state index is -0.181. The summed E-state index contributed by atoms with van der Waals surface area (Å²) in [6.07, 6.45) is 2.56. The van der Waals surface area contributed by atoms with Crippen LogP contribution < -0.4 is 5.32 Å². The molecular weight excluding hydrogens is 322 g/mol. The molecule has 1 aromatic heterocycles. The molecule has 3 aromatic rings.